The molecule has 26 heavy (non-hydrogen) atoms. The van der Waals surface area contributed by atoms with E-state index in [9.17, 15) is 4.79 Å². The van der Waals surface area contributed by atoms with Gasteiger partial charge in [0.25, 0.3) is 0 Å². The third-order valence-electron chi connectivity index (χ3n) is 4.80. The number of carbonyl (C=O) groups excluding carboxylic acids is 1. The first-order valence-electron chi connectivity index (χ1n) is 9.29. The summed E-state index contributed by atoms with van der Waals surface area (Å²) in [6, 6.07) is 12.2. The molecule has 1 aliphatic heterocycles. The van der Waals surface area contributed by atoms with Crippen molar-refractivity contribution in [1.82, 2.24) is 15.1 Å². The van der Waals surface area contributed by atoms with E-state index in [0.29, 0.717) is 12.3 Å². The van der Waals surface area contributed by atoms with Gasteiger partial charge in [0.1, 0.15) is 5.82 Å². The van der Waals surface area contributed by atoms with Gasteiger partial charge in [0.15, 0.2) is 0 Å². The highest BCUT2D eigenvalue weighted by atomic mass is 35.5. The lowest BCUT2D eigenvalue weighted by Gasteiger charge is -2.22. The van der Waals surface area contributed by atoms with Crippen molar-refractivity contribution in [3.8, 4) is 11.3 Å². The lowest BCUT2D eigenvalue weighted by molar-refractivity contribution is -0.116. The maximum atomic E-state index is 12.4. The van der Waals surface area contributed by atoms with Crippen LogP contribution >= 0.6 is 12.4 Å². The van der Waals surface area contributed by atoms with E-state index in [-0.39, 0.29) is 24.4 Å². The van der Waals surface area contributed by atoms with Gasteiger partial charge in [0, 0.05) is 24.1 Å². The van der Waals surface area contributed by atoms with Crippen molar-refractivity contribution >= 4 is 24.1 Å². The van der Waals surface area contributed by atoms with Gasteiger partial charge in [-0.1, -0.05) is 30.3 Å². The number of nitrogens with one attached hydrogen (secondary N) is 2. The molecule has 2 N–H and O–H groups in total. The molecule has 0 atom stereocenters. The summed E-state index contributed by atoms with van der Waals surface area (Å²) in [6.07, 6.45) is 3.90. The molecule has 0 bridgehead atoms. The Hall–Kier alpha value is -1.85. The fourth-order valence-electron chi connectivity index (χ4n) is 3.34. The van der Waals surface area contributed by atoms with Gasteiger partial charge in [-0.3, -0.25) is 4.79 Å². The van der Waals surface area contributed by atoms with Crippen molar-refractivity contribution in [3.05, 3.63) is 36.4 Å². The van der Waals surface area contributed by atoms with Crippen LogP contribution < -0.4 is 10.6 Å². The molecule has 1 aromatic carbocycles. The van der Waals surface area contributed by atoms with Crippen LogP contribution in [0.2, 0.25) is 0 Å². The molecular formula is C20H29ClN4O. The second kappa shape index (κ2) is 9.74. The molecule has 5 nitrogen and oxygen atoms in total. The Morgan fingerprint density at radius 2 is 1.96 bits per heavy atom. The molecule has 0 aliphatic carbocycles. The van der Waals surface area contributed by atoms with Crippen LogP contribution in [0.25, 0.3) is 11.3 Å². The van der Waals surface area contributed by atoms with Crippen LogP contribution in [-0.4, -0.2) is 28.8 Å². The molecule has 0 spiro atoms. The van der Waals surface area contributed by atoms with Crippen LogP contribution in [0, 0.1) is 5.92 Å². The van der Waals surface area contributed by atoms with Crippen molar-refractivity contribution in [1.29, 1.82) is 0 Å². The monoisotopic (exact) mass is 376 g/mol. The average Bonchev–Trinajstić information content (AvgIpc) is 3.06. The maximum absolute atomic E-state index is 12.4. The first-order valence-corrected chi connectivity index (χ1v) is 9.29. The molecule has 1 amide bonds. The number of amides is 1. The second-order valence-electron chi connectivity index (χ2n) is 7.10. The third-order valence-corrected chi connectivity index (χ3v) is 4.80. The fraction of sp³-hybridized carbons (Fsp3) is 0.500. The molecule has 2 aromatic rings. The zero-order valence-corrected chi connectivity index (χ0v) is 16.4. The molecule has 1 fully saturated rings. The number of hydrogen-bond acceptors (Lipinski definition) is 3. The summed E-state index contributed by atoms with van der Waals surface area (Å²) in [5.41, 5.74) is 1.95. The van der Waals surface area contributed by atoms with E-state index in [2.05, 4.69) is 29.6 Å². The smallest absolute Gasteiger partial charge is 0.225 e. The fourth-order valence-corrected chi connectivity index (χ4v) is 3.34. The third kappa shape index (κ3) is 5.32. The Morgan fingerprint density at radius 1 is 1.27 bits per heavy atom. The molecule has 1 saturated heterocycles. The molecule has 0 radical (unpaired) electrons. The summed E-state index contributed by atoms with van der Waals surface area (Å²) in [7, 11) is 0. The predicted molar refractivity (Wildman–Crippen MR) is 109 cm³/mol. The molecule has 0 unspecified atom stereocenters. The molecule has 1 aliphatic rings. The first kappa shape index (κ1) is 20.5. The summed E-state index contributed by atoms with van der Waals surface area (Å²) < 4.78 is 1.89. The van der Waals surface area contributed by atoms with Crippen molar-refractivity contribution in [2.75, 3.05) is 18.4 Å². The van der Waals surface area contributed by atoms with Gasteiger partial charge < -0.3 is 10.6 Å². The highest BCUT2D eigenvalue weighted by Gasteiger charge is 2.17. The minimum Gasteiger partial charge on any atom is -0.317 e. The number of rotatable bonds is 6. The predicted octanol–water partition coefficient (Wildman–Crippen LogP) is 4.27. The van der Waals surface area contributed by atoms with E-state index in [4.69, 9.17) is 0 Å². The van der Waals surface area contributed by atoms with Crippen LogP contribution in [0.15, 0.2) is 36.4 Å². The molecule has 0 saturated carbocycles. The van der Waals surface area contributed by atoms with Crippen LogP contribution in [0.5, 0.6) is 0 Å². The Kier molecular flexibility index (Phi) is 7.66. The van der Waals surface area contributed by atoms with E-state index >= 15 is 0 Å². The number of halogens is 1. The highest BCUT2D eigenvalue weighted by Crippen LogP contribution is 2.25. The molecule has 142 valence electrons. The van der Waals surface area contributed by atoms with Crippen molar-refractivity contribution in [2.45, 2.75) is 45.6 Å². The number of nitrogens with zero attached hydrogens (tertiary/aromatic N) is 2. The molecule has 3 rings (SSSR count). The normalized spacial score (nSPS) is 14.9. The van der Waals surface area contributed by atoms with Crippen LogP contribution in [0.3, 0.4) is 0 Å². The lowest BCUT2D eigenvalue weighted by atomic mass is 9.93. The molecule has 1 aromatic heterocycles. The largest absolute Gasteiger partial charge is 0.317 e. The zero-order valence-electron chi connectivity index (χ0n) is 15.6. The number of benzene rings is 1. The van der Waals surface area contributed by atoms with E-state index in [1.54, 1.807) is 0 Å². The number of anilines is 1. The van der Waals surface area contributed by atoms with Gasteiger partial charge in [-0.2, -0.15) is 5.10 Å². The standard InChI is InChI=1S/C20H28N4O.ClH/c1-15(2)24-19(14-18(23-24)17-6-4-3-5-7-17)22-20(25)9-8-16-10-12-21-13-11-16;/h3-7,14-16,21H,8-13H2,1-2H3,(H,22,25);1H. The summed E-state index contributed by atoms with van der Waals surface area (Å²) in [6.45, 7) is 6.30. The Labute approximate surface area is 162 Å². The number of piperidine rings is 1. The molecule has 2 heterocycles. The number of carbonyl (C=O) groups is 1. The van der Waals surface area contributed by atoms with Crippen molar-refractivity contribution in [2.24, 2.45) is 5.92 Å². The van der Waals surface area contributed by atoms with Gasteiger partial charge >= 0.3 is 0 Å². The van der Waals surface area contributed by atoms with Gasteiger partial charge in [-0.05, 0) is 52.1 Å². The SMILES string of the molecule is CC(C)n1nc(-c2ccccc2)cc1NC(=O)CCC1CCNCC1.Cl. The first-order chi connectivity index (χ1) is 12.1. The maximum Gasteiger partial charge on any atom is 0.225 e. The average molecular weight is 377 g/mol. The van der Waals surface area contributed by atoms with Crippen molar-refractivity contribution < 1.29 is 4.79 Å². The van der Waals surface area contributed by atoms with Crippen LogP contribution in [-0.2, 0) is 4.79 Å². The Morgan fingerprint density at radius 3 is 2.62 bits per heavy atom. The number of aromatic nitrogens is 2. The zero-order chi connectivity index (χ0) is 17.6. The summed E-state index contributed by atoms with van der Waals surface area (Å²) in [4.78, 5) is 12.4. The Balaban J connectivity index is 0.00000243. The minimum atomic E-state index is 0. The minimum absolute atomic E-state index is 0. The van der Waals surface area contributed by atoms with E-state index in [0.717, 1.165) is 36.6 Å². The summed E-state index contributed by atoms with van der Waals surface area (Å²) in [5, 5.41) is 11.1. The van der Waals surface area contributed by atoms with Gasteiger partial charge in [0.2, 0.25) is 5.91 Å². The summed E-state index contributed by atoms with van der Waals surface area (Å²) in [5.74, 6) is 1.53. The number of hydrogen-bond donors (Lipinski definition) is 2. The molecule has 6 heteroatoms. The van der Waals surface area contributed by atoms with Gasteiger partial charge in [-0.25, -0.2) is 4.68 Å². The quantitative estimate of drug-likeness (QED) is 0.791. The second-order valence-corrected chi connectivity index (χ2v) is 7.10. The lowest BCUT2D eigenvalue weighted by Crippen LogP contribution is -2.28. The topological polar surface area (TPSA) is 59.0 Å². The van der Waals surface area contributed by atoms with E-state index in [1.165, 1.54) is 12.8 Å². The van der Waals surface area contributed by atoms with E-state index in [1.807, 2.05) is 41.1 Å². The van der Waals surface area contributed by atoms with Gasteiger partial charge in [0.05, 0.1) is 5.69 Å². The van der Waals surface area contributed by atoms with Crippen molar-refractivity contribution in [3.63, 3.8) is 0 Å². The van der Waals surface area contributed by atoms with Crippen LogP contribution in [0.1, 0.15) is 45.6 Å². The van der Waals surface area contributed by atoms with Crippen LogP contribution in [0.4, 0.5) is 5.82 Å². The molecular weight excluding hydrogens is 348 g/mol. The summed E-state index contributed by atoms with van der Waals surface area (Å²) >= 11 is 0. The highest BCUT2D eigenvalue weighted by molar-refractivity contribution is 5.90. The van der Waals surface area contributed by atoms with E-state index < -0.39 is 0 Å². The Bertz CT molecular complexity index is 693. The van der Waals surface area contributed by atoms with Gasteiger partial charge in [-0.15, -0.1) is 12.4 Å².